The van der Waals surface area contributed by atoms with Gasteiger partial charge in [0.1, 0.15) is 13.2 Å². The predicted molar refractivity (Wildman–Crippen MR) is 261 cm³/mol. The fraction of sp³-hybridized carbons (Fsp3) is 0.945. The molecule has 0 aliphatic heterocycles. The second-order valence-corrected chi connectivity index (χ2v) is 19.8. The largest absolute Gasteiger partial charge is 0.462 e. The lowest BCUT2D eigenvalue weighted by atomic mass is 10.0. The van der Waals surface area contributed by atoms with Crippen LogP contribution in [0.5, 0.6) is 0 Å². The van der Waals surface area contributed by atoms with E-state index in [0.717, 1.165) is 69.6 Å². The van der Waals surface area contributed by atoms with E-state index in [1.165, 1.54) is 193 Å². The van der Waals surface area contributed by atoms with Gasteiger partial charge in [-0.2, -0.15) is 0 Å². The Hall–Kier alpha value is -1.59. The highest BCUT2D eigenvalue weighted by Crippen LogP contribution is 2.18. The summed E-state index contributed by atoms with van der Waals surface area (Å²) in [7, 11) is 0. The van der Waals surface area contributed by atoms with Crippen molar-refractivity contribution in [2.24, 2.45) is 11.8 Å². The van der Waals surface area contributed by atoms with Crippen LogP contribution >= 0.6 is 0 Å². The third-order valence-electron chi connectivity index (χ3n) is 12.5. The van der Waals surface area contributed by atoms with Crippen molar-refractivity contribution >= 4 is 17.9 Å². The van der Waals surface area contributed by atoms with Crippen molar-refractivity contribution in [2.45, 2.75) is 310 Å². The third kappa shape index (κ3) is 49.3. The zero-order valence-electron chi connectivity index (χ0n) is 41.8. The molecule has 6 nitrogen and oxygen atoms in total. The van der Waals surface area contributed by atoms with Crippen LogP contribution in [0.15, 0.2) is 0 Å². The van der Waals surface area contributed by atoms with Crippen LogP contribution in [-0.4, -0.2) is 37.2 Å². The molecule has 0 spiro atoms. The number of esters is 3. The van der Waals surface area contributed by atoms with Gasteiger partial charge in [-0.3, -0.25) is 14.4 Å². The highest BCUT2D eigenvalue weighted by molar-refractivity contribution is 5.71. The van der Waals surface area contributed by atoms with Crippen molar-refractivity contribution in [2.75, 3.05) is 13.2 Å². The van der Waals surface area contributed by atoms with E-state index in [2.05, 4.69) is 34.6 Å². The molecule has 0 amide bonds. The Morgan fingerprint density at radius 1 is 0.311 bits per heavy atom. The van der Waals surface area contributed by atoms with Gasteiger partial charge in [-0.1, -0.05) is 266 Å². The van der Waals surface area contributed by atoms with Gasteiger partial charge in [0.15, 0.2) is 6.10 Å². The lowest BCUT2D eigenvalue weighted by molar-refractivity contribution is -0.167. The van der Waals surface area contributed by atoms with Crippen LogP contribution in [0.4, 0.5) is 0 Å². The lowest BCUT2D eigenvalue weighted by Gasteiger charge is -2.18. The standard InChI is InChI=1S/C55H106O6/c1-6-7-8-9-10-11-12-13-14-15-16-17-18-19-25-30-35-40-45-53(56)59-48-52(49-60-54(57)46-41-36-31-27-22-24-29-34-39-44-51(4)5)61-55(58)47-42-37-32-26-21-20-23-28-33-38-43-50(2)3/h50-52H,6-49H2,1-5H3/t52-/m0/s1. The molecule has 0 rings (SSSR count). The molecule has 0 unspecified atom stereocenters. The van der Waals surface area contributed by atoms with Crippen LogP contribution < -0.4 is 0 Å². The maximum absolute atomic E-state index is 12.8. The second-order valence-electron chi connectivity index (χ2n) is 19.8. The summed E-state index contributed by atoms with van der Waals surface area (Å²) >= 11 is 0. The first-order valence-electron chi connectivity index (χ1n) is 27.2. The van der Waals surface area contributed by atoms with Gasteiger partial charge in [-0.15, -0.1) is 0 Å². The third-order valence-corrected chi connectivity index (χ3v) is 12.5. The molecule has 0 aliphatic rings. The Morgan fingerprint density at radius 3 is 0.803 bits per heavy atom. The number of unbranched alkanes of at least 4 members (excludes halogenated alkanes) is 34. The SMILES string of the molecule is CCCCCCCCCCCCCCCCCCCCC(=O)OC[C@@H](COC(=O)CCCCCCCCCCCC(C)C)OC(=O)CCCCCCCCCCCCC(C)C. The number of carbonyl (C=O) groups is 3. The van der Waals surface area contributed by atoms with E-state index in [-0.39, 0.29) is 31.1 Å². The first-order valence-corrected chi connectivity index (χ1v) is 27.2. The smallest absolute Gasteiger partial charge is 0.306 e. The molecule has 0 saturated carbocycles. The van der Waals surface area contributed by atoms with Crippen molar-refractivity contribution in [1.29, 1.82) is 0 Å². The van der Waals surface area contributed by atoms with Crippen LogP contribution in [0.25, 0.3) is 0 Å². The molecule has 0 aromatic rings. The van der Waals surface area contributed by atoms with E-state index in [4.69, 9.17) is 14.2 Å². The fourth-order valence-electron chi connectivity index (χ4n) is 8.34. The van der Waals surface area contributed by atoms with Crippen LogP contribution in [0.1, 0.15) is 304 Å². The van der Waals surface area contributed by atoms with Crippen molar-refractivity contribution in [3.05, 3.63) is 0 Å². The zero-order chi connectivity index (χ0) is 44.7. The molecular weight excluding hydrogens is 757 g/mol. The molecule has 0 aromatic heterocycles. The molecule has 6 heteroatoms. The monoisotopic (exact) mass is 863 g/mol. The van der Waals surface area contributed by atoms with Gasteiger partial charge in [-0.25, -0.2) is 0 Å². The fourth-order valence-corrected chi connectivity index (χ4v) is 8.34. The van der Waals surface area contributed by atoms with Gasteiger partial charge in [0.2, 0.25) is 0 Å². The summed E-state index contributed by atoms with van der Waals surface area (Å²) in [5, 5.41) is 0. The molecular formula is C55H106O6. The Kier molecular flexibility index (Phi) is 46.6. The van der Waals surface area contributed by atoms with E-state index < -0.39 is 6.10 Å². The molecule has 0 radical (unpaired) electrons. The molecule has 0 saturated heterocycles. The van der Waals surface area contributed by atoms with Crippen molar-refractivity contribution in [3.63, 3.8) is 0 Å². The van der Waals surface area contributed by atoms with Gasteiger partial charge in [-0.05, 0) is 31.1 Å². The minimum Gasteiger partial charge on any atom is -0.462 e. The molecule has 0 N–H and O–H groups in total. The highest BCUT2D eigenvalue weighted by Gasteiger charge is 2.19. The number of carbonyl (C=O) groups excluding carboxylic acids is 3. The van der Waals surface area contributed by atoms with E-state index in [1.54, 1.807) is 0 Å². The Balaban J connectivity index is 4.27. The molecule has 1 atom stereocenters. The van der Waals surface area contributed by atoms with Crippen LogP contribution in [0, 0.1) is 11.8 Å². The average Bonchev–Trinajstić information content (AvgIpc) is 3.23. The van der Waals surface area contributed by atoms with Crippen molar-refractivity contribution < 1.29 is 28.6 Å². The minimum absolute atomic E-state index is 0.0636. The first-order chi connectivity index (χ1) is 29.7. The summed E-state index contributed by atoms with van der Waals surface area (Å²) in [5.41, 5.74) is 0. The molecule has 0 aliphatic carbocycles. The maximum atomic E-state index is 12.8. The number of rotatable bonds is 49. The summed E-state index contributed by atoms with van der Waals surface area (Å²) in [6, 6.07) is 0. The highest BCUT2D eigenvalue weighted by atomic mass is 16.6. The molecule has 61 heavy (non-hydrogen) atoms. The van der Waals surface area contributed by atoms with Crippen molar-refractivity contribution in [3.8, 4) is 0 Å². The van der Waals surface area contributed by atoms with Gasteiger partial charge in [0.25, 0.3) is 0 Å². The second kappa shape index (κ2) is 47.9. The quantitative estimate of drug-likeness (QED) is 0.0344. The van der Waals surface area contributed by atoms with Crippen LogP contribution in [0.3, 0.4) is 0 Å². The summed E-state index contributed by atoms with van der Waals surface area (Å²) in [6.07, 6.45) is 49.5. The topological polar surface area (TPSA) is 78.9 Å². The Morgan fingerprint density at radius 2 is 0.541 bits per heavy atom. The normalized spacial score (nSPS) is 12.0. The van der Waals surface area contributed by atoms with Gasteiger partial charge in [0, 0.05) is 19.3 Å². The van der Waals surface area contributed by atoms with E-state index >= 15 is 0 Å². The van der Waals surface area contributed by atoms with Gasteiger partial charge in [0.05, 0.1) is 0 Å². The molecule has 0 aromatic carbocycles. The van der Waals surface area contributed by atoms with Crippen molar-refractivity contribution in [1.82, 2.24) is 0 Å². The van der Waals surface area contributed by atoms with Crippen LogP contribution in [-0.2, 0) is 28.6 Å². The van der Waals surface area contributed by atoms with E-state index in [0.29, 0.717) is 19.3 Å². The van der Waals surface area contributed by atoms with Crippen LogP contribution in [0.2, 0.25) is 0 Å². The number of hydrogen-bond acceptors (Lipinski definition) is 6. The number of ether oxygens (including phenoxy) is 3. The van der Waals surface area contributed by atoms with Gasteiger partial charge >= 0.3 is 17.9 Å². The molecule has 0 bridgehead atoms. The van der Waals surface area contributed by atoms with E-state index in [1.807, 2.05) is 0 Å². The summed E-state index contributed by atoms with van der Waals surface area (Å²) in [4.78, 5) is 38.0. The first kappa shape index (κ1) is 59.4. The molecule has 0 fully saturated rings. The lowest BCUT2D eigenvalue weighted by Crippen LogP contribution is -2.30. The van der Waals surface area contributed by atoms with E-state index in [9.17, 15) is 14.4 Å². The molecule has 362 valence electrons. The predicted octanol–water partition coefficient (Wildman–Crippen LogP) is 17.7. The Labute approximate surface area is 380 Å². The molecule has 0 heterocycles. The summed E-state index contributed by atoms with van der Waals surface area (Å²) in [6.45, 7) is 11.4. The average molecular weight is 863 g/mol. The Bertz CT molecular complexity index is 931. The number of hydrogen-bond donors (Lipinski definition) is 0. The maximum Gasteiger partial charge on any atom is 0.306 e. The summed E-state index contributed by atoms with van der Waals surface area (Å²) in [5.74, 6) is 0.778. The zero-order valence-corrected chi connectivity index (χ0v) is 41.8. The minimum atomic E-state index is -0.762. The van der Waals surface area contributed by atoms with Gasteiger partial charge < -0.3 is 14.2 Å². The summed E-state index contributed by atoms with van der Waals surface area (Å²) < 4.78 is 16.8.